The van der Waals surface area contributed by atoms with Crippen LogP contribution in [-0.4, -0.2) is 18.6 Å². The fourth-order valence-corrected chi connectivity index (χ4v) is 1.99. The van der Waals surface area contributed by atoms with Gasteiger partial charge < -0.3 is 19.8 Å². The van der Waals surface area contributed by atoms with E-state index < -0.39 is 0 Å². The molecule has 0 radical (unpaired) electrons. The third-order valence-corrected chi connectivity index (χ3v) is 3.42. The molecule has 0 bridgehead atoms. The minimum absolute atomic E-state index is 0.536. The van der Waals surface area contributed by atoms with Crippen LogP contribution in [0.15, 0.2) is 35.1 Å². The lowest BCUT2D eigenvalue weighted by Gasteiger charge is -2.18. The minimum Gasteiger partial charge on any atom is -0.476 e. The number of nitrogens with zero attached hydrogens (tertiary/aromatic N) is 2. The number of hydrogen-bond acceptors (Lipinski definition) is 5. The van der Waals surface area contributed by atoms with Gasteiger partial charge in [0, 0.05) is 19.2 Å². The Labute approximate surface area is 118 Å². The van der Waals surface area contributed by atoms with E-state index >= 15 is 0 Å². The summed E-state index contributed by atoms with van der Waals surface area (Å²) in [7, 11) is 1.98. The maximum absolute atomic E-state index is 5.91. The molecule has 1 aliphatic carbocycles. The molecule has 1 fully saturated rings. The van der Waals surface area contributed by atoms with Gasteiger partial charge in [0.25, 0.3) is 0 Å². The molecule has 0 aliphatic heterocycles. The van der Waals surface area contributed by atoms with Crippen LogP contribution in [-0.2, 0) is 6.54 Å². The second-order valence-corrected chi connectivity index (χ2v) is 5.31. The first kappa shape index (κ1) is 12.8. The van der Waals surface area contributed by atoms with Crippen LogP contribution in [0.5, 0.6) is 5.88 Å². The summed E-state index contributed by atoms with van der Waals surface area (Å²) < 4.78 is 10.8. The van der Waals surface area contributed by atoms with Gasteiger partial charge in [0.05, 0.1) is 24.8 Å². The van der Waals surface area contributed by atoms with Crippen LogP contribution in [0.4, 0.5) is 11.5 Å². The monoisotopic (exact) mass is 273 g/mol. The number of hydrogen-bond donors (Lipinski definition) is 1. The number of pyridine rings is 1. The molecule has 2 aromatic heterocycles. The molecule has 5 heteroatoms. The maximum Gasteiger partial charge on any atom is 0.239 e. The SMILES string of the molecule is CN(Cc1ccoc1)c1ccc(N)c(OCC2CC2)n1. The predicted octanol–water partition coefficient (Wildman–Crippen LogP) is 2.68. The predicted molar refractivity (Wildman–Crippen MR) is 77.7 cm³/mol. The van der Waals surface area contributed by atoms with E-state index in [0.717, 1.165) is 17.9 Å². The van der Waals surface area contributed by atoms with E-state index in [1.54, 1.807) is 12.5 Å². The molecule has 1 saturated carbocycles. The van der Waals surface area contributed by atoms with E-state index in [2.05, 4.69) is 4.98 Å². The van der Waals surface area contributed by atoms with E-state index in [-0.39, 0.29) is 0 Å². The average Bonchev–Trinajstić information content (AvgIpc) is 3.14. The van der Waals surface area contributed by atoms with Gasteiger partial charge in [-0.25, -0.2) is 0 Å². The number of aromatic nitrogens is 1. The van der Waals surface area contributed by atoms with Crippen molar-refractivity contribution in [2.24, 2.45) is 5.92 Å². The molecule has 0 aromatic carbocycles. The molecule has 3 rings (SSSR count). The Bertz CT molecular complexity index is 565. The summed E-state index contributed by atoms with van der Waals surface area (Å²) in [5.41, 5.74) is 7.60. The maximum atomic E-state index is 5.91. The summed E-state index contributed by atoms with van der Waals surface area (Å²) in [5, 5.41) is 0. The van der Waals surface area contributed by atoms with Crippen LogP contribution in [0.3, 0.4) is 0 Å². The van der Waals surface area contributed by atoms with Crippen molar-refractivity contribution in [1.29, 1.82) is 0 Å². The van der Waals surface area contributed by atoms with Crippen LogP contribution < -0.4 is 15.4 Å². The topological polar surface area (TPSA) is 64.5 Å². The lowest BCUT2D eigenvalue weighted by molar-refractivity contribution is 0.290. The van der Waals surface area contributed by atoms with Crippen molar-refractivity contribution in [3.05, 3.63) is 36.3 Å². The molecule has 2 heterocycles. The normalized spacial score (nSPS) is 14.2. The summed E-state index contributed by atoms with van der Waals surface area (Å²) in [6, 6.07) is 5.69. The van der Waals surface area contributed by atoms with Crippen LogP contribution >= 0.6 is 0 Å². The zero-order valence-corrected chi connectivity index (χ0v) is 11.6. The third-order valence-electron chi connectivity index (χ3n) is 3.42. The summed E-state index contributed by atoms with van der Waals surface area (Å²) >= 11 is 0. The molecule has 0 amide bonds. The van der Waals surface area contributed by atoms with Gasteiger partial charge in [0.1, 0.15) is 5.82 Å². The Morgan fingerprint density at radius 1 is 1.40 bits per heavy atom. The molecule has 106 valence electrons. The first-order chi connectivity index (χ1) is 9.72. The molecule has 0 unspecified atom stereocenters. The summed E-state index contributed by atoms with van der Waals surface area (Å²) in [4.78, 5) is 6.54. The molecular formula is C15H19N3O2. The lowest BCUT2D eigenvalue weighted by atomic mass is 10.3. The van der Waals surface area contributed by atoms with Gasteiger partial charge in [0.2, 0.25) is 5.88 Å². The minimum atomic E-state index is 0.536. The van der Waals surface area contributed by atoms with Crippen LogP contribution in [0.25, 0.3) is 0 Å². The number of rotatable bonds is 6. The standard InChI is InChI=1S/C15H19N3O2/c1-18(8-12-6-7-19-9-12)14-5-4-13(16)15(17-14)20-10-11-2-3-11/h4-7,9,11H,2-3,8,10,16H2,1H3. The Morgan fingerprint density at radius 2 is 2.25 bits per heavy atom. The quantitative estimate of drug-likeness (QED) is 0.876. The zero-order chi connectivity index (χ0) is 13.9. The highest BCUT2D eigenvalue weighted by Crippen LogP contribution is 2.31. The Balaban J connectivity index is 1.69. The number of nitrogens with two attached hydrogens (primary N) is 1. The van der Waals surface area contributed by atoms with Gasteiger partial charge in [-0.1, -0.05) is 0 Å². The Morgan fingerprint density at radius 3 is 2.95 bits per heavy atom. The molecule has 5 nitrogen and oxygen atoms in total. The van der Waals surface area contributed by atoms with E-state index in [4.69, 9.17) is 14.9 Å². The van der Waals surface area contributed by atoms with E-state index in [1.165, 1.54) is 12.8 Å². The van der Waals surface area contributed by atoms with Gasteiger partial charge in [-0.3, -0.25) is 0 Å². The van der Waals surface area contributed by atoms with E-state index in [1.807, 2.05) is 30.1 Å². The number of ether oxygens (including phenoxy) is 1. The molecule has 2 N–H and O–H groups in total. The molecule has 20 heavy (non-hydrogen) atoms. The van der Waals surface area contributed by atoms with Gasteiger partial charge in [-0.05, 0) is 37.0 Å². The van der Waals surface area contributed by atoms with Crippen molar-refractivity contribution in [2.75, 3.05) is 24.3 Å². The molecule has 0 spiro atoms. The first-order valence-corrected chi connectivity index (χ1v) is 6.84. The smallest absolute Gasteiger partial charge is 0.239 e. The van der Waals surface area contributed by atoms with Gasteiger partial charge in [-0.2, -0.15) is 4.98 Å². The van der Waals surface area contributed by atoms with Crippen molar-refractivity contribution >= 4 is 11.5 Å². The zero-order valence-electron chi connectivity index (χ0n) is 11.6. The number of furan rings is 1. The summed E-state index contributed by atoms with van der Waals surface area (Å²) in [6.07, 6.45) is 5.90. The van der Waals surface area contributed by atoms with Crippen molar-refractivity contribution in [2.45, 2.75) is 19.4 Å². The van der Waals surface area contributed by atoms with Crippen LogP contribution in [0.2, 0.25) is 0 Å². The number of nitrogen functional groups attached to an aromatic ring is 1. The highest BCUT2D eigenvalue weighted by molar-refractivity contribution is 5.54. The molecule has 0 atom stereocenters. The summed E-state index contributed by atoms with van der Waals surface area (Å²) in [5.74, 6) is 2.06. The average molecular weight is 273 g/mol. The van der Waals surface area contributed by atoms with Crippen LogP contribution in [0.1, 0.15) is 18.4 Å². The third kappa shape index (κ3) is 3.04. The highest BCUT2D eigenvalue weighted by atomic mass is 16.5. The molecule has 0 saturated heterocycles. The van der Waals surface area contributed by atoms with Gasteiger partial charge >= 0.3 is 0 Å². The van der Waals surface area contributed by atoms with E-state index in [9.17, 15) is 0 Å². The van der Waals surface area contributed by atoms with Crippen molar-refractivity contribution in [3.8, 4) is 5.88 Å². The first-order valence-electron chi connectivity index (χ1n) is 6.84. The molecule has 2 aromatic rings. The Hall–Kier alpha value is -2.17. The summed E-state index contributed by atoms with van der Waals surface area (Å²) in [6.45, 7) is 1.45. The van der Waals surface area contributed by atoms with Crippen molar-refractivity contribution in [1.82, 2.24) is 4.98 Å². The number of anilines is 2. The second-order valence-electron chi connectivity index (χ2n) is 5.31. The van der Waals surface area contributed by atoms with Crippen molar-refractivity contribution < 1.29 is 9.15 Å². The van der Waals surface area contributed by atoms with Gasteiger partial charge in [0.15, 0.2) is 0 Å². The Kier molecular flexibility index (Phi) is 3.50. The molecular weight excluding hydrogens is 254 g/mol. The fourth-order valence-electron chi connectivity index (χ4n) is 1.99. The van der Waals surface area contributed by atoms with Gasteiger partial charge in [-0.15, -0.1) is 0 Å². The van der Waals surface area contributed by atoms with Crippen LogP contribution in [0, 0.1) is 5.92 Å². The lowest BCUT2D eigenvalue weighted by Crippen LogP contribution is -2.18. The van der Waals surface area contributed by atoms with Crippen molar-refractivity contribution in [3.63, 3.8) is 0 Å². The largest absolute Gasteiger partial charge is 0.476 e. The highest BCUT2D eigenvalue weighted by Gasteiger charge is 2.22. The second kappa shape index (κ2) is 5.45. The fraction of sp³-hybridized carbons (Fsp3) is 0.400. The molecule has 1 aliphatic rings. The van der Waals surface area contributed by atoms with E-state index in [0.29, 0.717) is 24.1 Å².